The number of anilines is 1. The zero-order valence-corrected chi connectivity index (χ0v) is 13.8. The van der Waals surface area contributed by atoms with Crippen molar-refractivity contribution in [3.05, 3.63) is 23.3 Å². The number of amides is 1. The Morgan fingerprint density at radius 2 is 1.90 bits per heavy atom. The number of aryl methyl sites for hydroxylation is 1. The monoisotopic (exact) mass is 310 g/mol. The van der Waals surface area contributed by atoms with Crippen LogP contribution in [0, 0.1) is 13.8 Å². The molecule has 0 aliphatic carbocycles. The molecule has 0 spiro atoms. The lowest BCUT2D eigenvalue weighted by molar-refractivity contribution is -0.117. The second-order valence-corrected chi connectivity index (χ2v) is 7.46. The summed E-state index contributed by atoms with van der Waals surface area (Å²) in [5.41, 5.74) is 2.30. The summed E-state index contributed by atoms with van der Waals surface area (Å²) in [5.74, 6) is 0.0626. The lowest BCUT2D eigenvalue weighted by Gasteiger charge is -2.23. The highest BCUT2D eigenvalue weighted by Crippen LogP contribution is 2.32. The van der Waals surface area contributed by atoms with E-state index in [0.29, 0.717) is 18.5 Å². The first-order valence-electron chi connectivity index (χ1n) is 7.17. The van der Waals surface area contributed by atoms with E-state index in [1.807, 2.05) is 6.92 Å². The fraction of sp³-hybridized carbons (Fsp3) is 0.533. The van der Waals surface area contributed by atoms with Gasteiger partial charge in [0.1, 0.15) is 0 Å². The van der Waals surface area contributed by atoms with Gasteiger partial charge in [0.05, 0.1) is 10.6 Å². The van der Waals surface area contributed by atoms with Gasteiger partial charge in [0.25, 0.3) is 0 Å². The van der Waals surface area contributed by atoms with Crippen LogP contribution >= 0.6 is 0 Å². The zero-order chi connectivity index (χ0) is 15.8. The van der Waals surface area contributed by atoms with Gasteiger partial charge in [0.2, 0.25) is 15.9 Å². The first kappa shape index (κ1) is 16.0. The minimum atomic E-state index is -3.56. The third-order valence-corrected chi connectivity index (χ3v) is 5.41. The second kappa shape index (κ2) is 5.77. The van der Waals surface area contributed by atoms with Gasteiger partial charge in [-0.15, -0.1) is 0 Å². The van der Waals surface area contributed by atoms with Crippen LogP contribution in [0.2, 0.25) is 0 Å². The summed E-state index contributed by atoms with van der Waals surface area (Å²) in [7, 11) is -3.56. The van der Waals surface area contributed by atoms with Gasteiger partial charge >= 0.3 is 0 Å². The Balaban J connectivity index is 2.54. The number of carbonyl (C=O) groups is 1. The van der Waals surface area contributed by atoms with Crippen molar-refractivity contribution in [2.24, 2.45) is 0 Å². The van der Waals surface area contributed by atoms with Crippen LogP contribution in [0.15, 0.2) is 17.0 Å². The van der Waals surface area contributed by atoms with Crippen molar-refractivity contribution in [1.29, 1.82) is 0 Å². The molecule has 0 atom stereocenters. The Hall–Kier alpha value is -1.40. The lowest BCUT2D eigenvalue weighted by Crippen LogP contribution is -2.32. The number of benzene rings is 1. The predicted octanol–water partition coefficient (Wildman–Crippen LogP) is 2.12. The quantitative estimate of drug-likeness (QED) is 0.926. The standard InChI is InChI=1S/C15H22N2O3S/c1-10(2)16-21(19,20)13-8-7-11(3)15(12(13)4)17-9-5-6-14(17)18/h7-8,10,16H,5-6,9H2,1-4H3. The molecule has 1 aromatic carbocycles. The maximum absolute atomic E-state index is 12.4. The minimum absolute atomic E-state index is 0.0626. The third kappa shape index (κ3) is 3.11. The van der Waals surface area contributed by atoms with Crippen LogP contribution in [0.5, 0.6) is 0 Å². The Bertz CT molecular complexity index is 666. The highest BCUT2D eigenvalue weighted by Gasteiger charge is 2.28. The molecule has 0 aromatic heterocycles. The first-order valence-corrected chi connectivity index (χ1v) is 8.65. The molecule has 1 N–H and O–H groups in total. The number of nitrogens with zero attached hydrogens (tertiary/aromatic N) is 1. The molecule has 0 radical (unpaired) electrons. The molecule has 1 aliphatic heterocycles. The van der Waals surface area contributed by atoms with E-state index >= 15 is 0 Å². The Labute approximate surface area is 126 Å². The fourth-order valence-corrected chi connectivity index (χ4v) is 4.28. The molecular weight excluding hydrogens is 288 g/mol. The molecule has 2 rings (SSSR count). The summed E-state index contributed by atoms with van der Waals surface area (Å²) in [6, 6.07) is 3.20. The van der Waals surface area contributed by atoms with Crippen LogP contribution < -0.4 is 9.62 Å². The molecule has 5 nitrogen and oxygen atoms in total. The summed E-state index contributed by atoms with van der Waals surface area (Å²) in [6.45, 7) is 7.89. The normalized spacial score (nSPS) is 16.0. The lowest BCUT2D eigenvalue weighted by atomic mass is 10.1. The summed E-state index contributed by atoms with van der Waals surface area (Å²) >= 11 is 0. The molecule has 0 saturated carbocycles. The van der Waals surface area contributed by atoms with E-state index in [9.17, 15) is 13.2 Å². The Kier molecular flexibility index (Phi) is 4.39. The molecule has 0 unspecified atom stereocenters. The average molecular weight is 310 g/mol. The van der Waals surface area contributed by atoms with Gasteiger partial charge in [-0.2, -0.15) is 0 Å². The van der Waals surface area contributed by atoms with Gasteiger partial charge in [-0.05, 0) is 51.3 Å². The van der Waals surface area contributed by atoms with Gasteiger partial charge in [0.15, 0.2) is 0 Å². The maximum Gasteiger partial charge on any atom is 0.241 e. The van der Waals surface area contributed by atoms with Gasteiger partial charge < -0.3 is 4.90 Å². The number of rotatable bonds is 4. The highest BCUT2D eigenvalue weighted by atomic mass is 32.2. The van der Waals surface area contributed by atoms with Crippen LogP contribution in [0.4, 0.5) is 5.69 Å². The van der Waals surface area contributed by atoms with Gasteiger partial charge in [-0.3, -0.25) is 4.79 Å². The van der Waals surface area contributed by atoms with Crippen molar-refractivity contribution in [2.75, 3.05) is 11.4 Å². The third-order valence-electron chi connectivity index (χ3n) is 3.61. The zero-order valence-electron chi connectivity index (χ0n) is 12.9. The summed E-state index contributed by atoms with van der Waals surface area (Å²) in [6.07, 6.45) is 1.35. The largest absolute Gasteiger partial charge is 0.312 e. The van der Waals surface area contributed by atoms with Crippen molar-refractivity contribution in [2.45, 2.75) is 51.5 Å². The smallest absolute Gasteiger partial charge is 0.241 e. The van der Waals surface area contributed by atoms with Crippen molar-refractivity contribution in [3.63, 3.8) is 0 Å². The van der Waals surface area contributed by atoms with E-state index in [1.165, 1.54) is 0 Å². The van der Waals surface area contributed by atoms with Crippen molar-refractivity contribution in [1.82, 2.24) is 4.72 Å². The molecule has 116 valence electrons. The molecule has 1 heterocycles. The second-order valence-electron chi connectivity index (χ2n) is 5.78. The van der Waals surface area contributed by atoms with E-state index in [2.05, 4.69) is 4.72 Å². The highest BCUT2D eigenvalue weighted by molar-refractivity contribution is 7.89. The first-order chi connectivity index (χ1) is 9.74. The van der Waals surface area contributed by atoms with Crippen LogP contribution in [-0.2, 0) is 14.8 Å². The van der Waals surface area contributed by atoms with Crippen molar-refractivity contribution >= 4 is 21.6 Å². The van der Waals surface area contributed by atoms with Gasteiger partial charge in [0, 0.05) is 19.0 Å². The molecule has 1 aliphatic rings. The van der Waals surface area contributed by atoms with E-state index in [1.54, 1.807) is 37.8 Å². The van der Waals surface area contributed by atoms with E-state index in [0.717, 1.165) is 17.7 Å². The molecule has 1 aromatic rings. The Morgan fingerprint density at radius 3 is 2.43 bits per heavy atom. The summed E-state index contributed by atoms with van der Waals surface area (Å²) in [5, 5.41) is 0. The van der Waals surface area contributed by atoms with Crippen LogP contribution in [0.1, 0.15) is 37.8 Å². The number of nitrogens with one attached hydrogen (secondary N) is 1. The minimum Gasteiger partial charge on any atom is -0.312 e. The topological polar surface area (TPSA) is 66.5 Å². The van der Waals surface area contributed by atoms with E-state index < -0.39 is 10.0 Å². The molecular formula is C15H22N2O3S. The summed E-state index contributed by atoms with van der Waals surface area (Å²) in [4.78, 5) is 13.9. The Morgan fingerprint density at radius 1 is 1.24 bits per heavy atom. The number of hydrogen-bond acceptors (Lipinski definition) is 3. The molecule has 1 saturated heterocycles. The molecule has 1 amide bonds. The SMILES string of the molecule is Cc1ccc(S(=O)(=O)NC(C)C)c(C)c1N1CCCC1=O. The summed E-state index contributed by atoms with van der Waals surface area (Å²) < 4.78 is 27.4. The van der Waals surface area contributed by atoms with Gasteiger partial charge in [-0.1, -0.05) is 6.07 Å². The number of hydrogen-bond donors (Lipinski definition) is 1. The van der Waals surface area contributed by atoms with Crippen molar-refractivity contribution in [3.8, 4) is 0 Å². The molecule has 6 heteroatoms. The van der Waals surface area contributed by atoms with Gasteiger partial charge in [-0.25, -0.2) is 13.1 Å². The average Bonchev–Trinajstić information content (AvgIpc) is 2.73. The van der Waals surface area contributed by atoms with Crippen LogP contribution in [-0.4, -0.2) is 26.9 Å². The van der Waals surface area contributed by atoms with Crippen LogP contribution in [0.3, 0.4) is 0 Å². The molecule has 0 bridgehead atoms. The van der Waals surface area contributed by atoms with E-state index in [-0.39, 0.29) is 16.8 Å². The molecule has 1 fully saturated rings. The fourth-order valence-electron chi connectivity index (χ4n) is 2.78. The van der Waals surface area contributed by atoms with E-state index in [4.69, 9.17) is 0 Å². The van der Waals surface area contributed by atoms with Crippen molar-refractivity contribution < 1.29 is 13.2 Å². The maximum atomic E-state index is 12.4. The van der Waals surface area contributed by atoms with Crippen LogP contribution in [0.25, 0.3) is 0 Å². The predicted molar refractivity (Wildman–Crippen MR) is 83.0 cm³/mol. The number of carbonyl (C=O) groups excluding carboxylic acids is 1. The molecule has 21 heavy (non-hydrogen) atoms. The number of sulfonamides is 1.